The molecule has 4 nitrogen and oxygen atoms in total. The van der Waals surface area contributed by atoms with Crippen LogP contribution < -0.4 is 0 Å². The Bertz CT molecular complexity index is 583. The summed E-state index contributed by atoms with van der Waals surface area (Å²) in [5, 5.41) is 0.444. The summed E-state index contributed by atoms with van der Waals surface area (Å²) in [4.78, 5) is 0. The Morgan fingerprint density at radius 1 is 0.941 bits per heavy atom. The lowest BCUT2D eigenvalue weighted by molar-refractivity contribution is 0.567. The zero-order valence-electron chi connectivity index (χ0n) is 8.84. The minimum Gasteiger partial charge on any atom is -0.227 e. The second kappa shape index (κ2) is 4.26. The molecule has 2 rings (SSSR count). The third-order valence-electron chi connectivity index (χ3n) is 2.65. The second-order valence-electron chi connectivity index (χ2n) is 3.97. The normalized spacial score (nSPS) is 23.4. The molecule has 0 atom stereocenters. The molecule has 1 aliphatic rings. The summed E-state index contributed by atoms with van der Waals surface area (Å²) in [6.07, 6.45) is 0.175. The maximum atomic E-state index is 11.9. The van der Waals surface area contributed by atoms with Crippen molar-refractivity contribution in [3.05, 3.63) is 34.9 Å². The Balaban J connectivity index is 2.57. The van der Waals surface area contributed by atoms with Gasteiger partial charge < -0.3 is 0 Å². The van der Waals surface area contributed by atoms with Crippen molar-refractivity contribution in [2.75, 3.05) is 11.5 Å². The summed E-state index contributed by atoms with van der Waals surface area (Å²) in [5.41, 5.74) is 0.272. The van der Waals surface area contributed by atoms with Crippen molar-refractivity contribution in [3.63, 3.8) is 0 Å². The predicted octanol–water partition coefficient (Wildman–Crippen LogP) is 1.57. The van der Waals surface area contributed by atoms with Gasteiger partial charge in [-0.2, -0.15) is 0 Å². The molecule has 0 spiro atoms. The second-order valence-corrected chi connectivity index (χ2v) is 9.12. The summed E-state index contributed by atoms with van der Waals surface area (Å²) in [6.45, 7) is 0. The van der Waals surface area contributed by atoms with Gasteiger partial charge >= 0.3 is 0 Å². The number of benzene rings is 1. The van der Waals surface area contributed by atoms with Crippen LogP contribution in [0.1, 0.15) is 16.6 Å². The van der Waals surface area contributed by atoms with Crippen molar-refractivity contribution in [1.29, 1.82) is 0 Å². The van der Waals surface area contributed by atoms with Crippen LogP contribution in [0.15, 0.2) is 24.3 Å². The van der Waals surface area contributed by atoms with Crippen molar-refractivity contribution in [1.82, 2.24) is 0 Å². The molecule has 1 fully saturated rings. The molecule has 0 radical (unpaired) electrons. The van der Waals surface area contributed by atoms with E-state index in [-0.39, 0.29) is 23.5 Å². The highest BCUT2D eigenvalue weighted by atomic mass is 35.5. The predicted molar refractivity (Wildman–Crippen MR) is 66.4 cm³/mol. The van der Waals surface area contributed by atoms with Crippen molar-refractivity contribution < 1.29 is 16.8 Å². The highest BCUT2D eigenvalue weighted by Crippen LogP contribution is 2.34. The first kappa shape index (κ1) is 12.9. The molecule has 0 bridgehead atoms. The van der Waals surface area contributed by atoms with Crippen LogP contribution in [-0.4, -0.2) is 28.3 Å². The highest BCUT2D eigenvalue weighted by molar-refractivity contribution is 8.09. The molecule has 94 valence electrons. The Kier molecular flexibility index (Phi) is 3.22. The van der Waals surface area contributed by atoms with Gasteiger partial charge in [-0.1, -0.05) is 23.7 Å². The summed E-state index contributed by atoms with van der Waals surface area (Å²) in [5.74, 6) is -0.168. The quantitative estimate of drug-likeness (QED) is 0.788. The van der Waals surface area contributed by atoms with Crippen LogP contribution in [0.3, 0.4) is 0 Å². The molecule has 7 heteroatoms. The smallest absolute Gasteiger partial charge is 0.187 e. The van der Waals surface area contributed by atoms with Gasteiger partial charge in [0.15, 0.2) is 24.3 Å². The fourth-order valence-corrected chi connectivity index (χ4v) is 7.27. The molecule has 0 amide bonds. The summed E-state index contributed by atoms with van der Waals surface area (Å²) < 4.78 is 46.1. The molecule has 1 aliphatic heterocycles. The first-order chi connectivity index (χ1) is 7.83. The van der Waals surface area contributed by atoms with Gasteiger partial charge in [-0.15, -0.1) is 0 Å². The molecule has 17 heavy (non-hydrogen) atoms. The zero-order valence-corrected chi connectivity index (χ0v) is 11.2. The molecule has 0 aromatic heterocycles. The van der Waals surface area contributed by atoms with Gasteiger partial charge in [0.25, 0.3) is 0 Å². The van der Waals surface area contributed by atoms with Crippen LogP contribution in [0.25, 0.3) is 0 Å². The van der Waals surface area contributed by atoms with E-state index in [4.69, 9.17) is 11.6 Å². The van der Waals surface area contributed by atoms with Gasteiger partial charge in [-0.05, 0) is 24.1 Å². The Morgan fingerprint density at radius 3 is 1.88 bits per heavy atom. The number of rotatable bonds is 1. The van der Waals surface area contributed by atoms with E-state index in [9.17, 15) is 16.8 Å². The van der Waals surface area contributed by atoms with E-state index >= 15 is 0 Å². The van der Waals surface area contributed by atoms with Crippen LogP contribution in [-0.2, 0) is 19.7 Å². The van der Waals surface area contributed by atoms with Crippen LogP contribution in [0.5, 0.6) is 0 Å². The monoisotopic (exact) mass is 294 g/mol. The number of sulfone groups is 2. The maximum Gasteiger partial charge on any atom is 0.187 e. The standard InChI is InChI=1S/C10H11ClO4S2/c11-9-4-2-8(3-5-9)10-16(12,13)6-1-7-17(10,14)15/h2-5,10H,1,6-7H2. The van der Waals surface area contributed by atoms with Crippen LogP contribution >= 0.6 is 11.6 Å². The van der Waals surface area contributed by atoms with E-state index in [1.807, 2.05) is 0 Å². The van der Waals surface area contributed by atoms with E-state index in [1.54, 1.807) is 0 Å². The first-order valence-corrected chi connectivity index (χ1v) is 8.82. The minimum atomic E-state index is -3.63. The lowest BCUT2D eigenvalue weighted by Crippen LogP contribution is -2.32. The molecule has 1 aromatic rings. The number of hydrogen-bond donors (Lipinski definition) is 0. The topological polar surface area (TPSA) is 68.3 Å². The van der Waals surface area contributed by atoms with Gasteiger partial charge in [0.1, 0.15) is 0 Å². The number of hydrogen-bond acceptors (Lipinski definition) is 4. The highest BCUT2D eigenvalue weighted by Gasteiger charge is 2.42. The minimum absolute atomic E-state index is 0.0838. The van der Waals surface area contributed by atoms with E-state index in [1.165, 1.54) is 24.3 Å². The fraction of sp³-hybridized carbons (Fsp3) is 0.400. The average Bonchev–Trinajstić information content (AvgIpc) is 2.18. The van der Waals surface area contributed by atoms with Gasteiger partial charge in [-0.25, -0.2) is 16.8 Å². The average molecular weight is 295 g/mol. The lowest BCUT2D eigenvalue weighted by atomic mass is 10.2. The lowest BCUT2D eigenvalue weighted by Gasteiger charge is -2.22. The Labute approximate surface area is 105 Å². The van der Waals surface area contributed by atoms with E-state index in [0.29, 0.717) is 5.02 Å². The van der Waals surface area contributed by atoms with E-state index in [0.717, 1.165) is 0 Å². The summed E-state index contributed by atoms with van der Waals surface area (Å²) in [6, 6.07) is 5.90. The molecular weight excluding hydrogens is 284 g/mol. The SMILES string of the molecule is O=S1(=O)CCCS(=O)(=O)C1c1ccc(Cl)cc1. The Morgan fingerprint density at radius 2 is 1.41 bits per heavy atom. The van der Waals surface area contributed by atoms with Crippen LogP contribution in [0, 0.1) is 0 Å². The first-order valence-electron chi connectivity index (χ1n) is 5.01. The van der Waals surface area contributed by atoms with Crippen molar-refractivity contribution in [2.24, 2.45) is 0 Å². The van der Waals surface area contributed by atoms with Gasteiger partial charge in [-0.3, -0.25) is 0 Å². The van der Waals surface area contributed by atoms with Crippen LogP contribution in [0.4, 0.5) is 0 Å². The molecule has 0 saturated carbocycles. The maximum absolute atomic E-state index is 11.9. The molecule has 0 aliphatic carbocycles. The molecule has 1 heterocycles. The number of halogens is 1. The van der Waals surface area contributed by atoms with Gasteiger partial charge in [0, 0.05) is 5.02 Å². The van der Waals surface area contributed by atoms with Crippen LogP contribution in [0.2, 0.25) is 5.02 Å². The third kappa shape index (κ3) is 2.48. The molecule has 1 aromatic carbocycles. The molecule has 1 saturated heterocycles. The van der Waals surface area contributed by atoms with E-state index < -0.39 is 24.3 Å². The summed E-state index contributed by atoms with van der Waals surface area (Å²) in [7, 11) is -7.26. The third-order valence-corrected chi connectivity index (χ3v) is 8.23. The van der Waals surface area contributed by atoms with Crippen molar-refractivity contribution in [3.8, 4) is 0 Å². The molecular formula is C10H11ClO4S2. The largest absolute Gasteiger partial charge is 0.227 e. The summed E-state index contributed by atoms with van der Waals surface area (Å²) >= 11 is 5.69. The fourth-order valence-electron chi connectivity index (χ4n) is 1.93. The van der Waals surface area contributed by atoms with Gasteiger partial charge in [0.05, 0.1) is 11.5 Å². The zero-order chi connectivity index (χ0) is 12.7. The van der Waals surface area contributed by atoms with E-state index in [2.05, 4.69) is 0 Å². The van der Waals surface area contributed by atoms with Crippen molar-refractivity contribution >= 4 is 31.3 Å². The van der Waals surface area contributed by atoms with Crippen molar-refractivity contribution in [2.45, 2.75) is 11.0 Å². The Hall–Kier alpha value is -0.590. The molecule has 0 unspecified atom stereocenters. The van der Waals surface area contributed by atoms with Gasteiger partial charge in [0.2, 0.25) is 0 Å². The molecule has 0 N–H and O–H groups in total.